The van der Waals surface area contributed by atoms with Crippen LogP contribution in [0.1, 0.15) is 19.7 Å². The molecule has 1 N–H and O–H groups in total. The van der Waals surface area contributed by atoms with E-state index in [2.05, 4.69) is 15.5 Å². The van der Waals surface area contributed by atoms with Crippen molar-refractivity contribution in [3.05, 3.63) is 5.82 Å². The minimum absolute atomic E-state index is 0.0532. The topological polar surface area (TPSA) is 105 Å². The number of aromatic nitrogens is 2. The maximum absolute atomic E-state index is 12.2. The molecule has 21 heavy (non-hydrogen) atoms. The summed E-state index contributed by atoms with van der Waals surface area (Å²) in [5.41, 5.74) is -0.818. The van der Waals surface area contributed by atoms with Crippen molar-refractivity contribution in [2.45, 2.75) is 20.8 Å². The highest BCUT2D eigenvalue weighted by Gasteiger charge is 2.61. The van der Waals surface area contributed by atoms with Gasteiger partial charge in [0.15, 0.2) is 15.7 Å². The molecule has 0 radical (unpaired) electrons. The maximum Gasteiger partial charge on any atom is 0.329 e. The van der Waals surface area contributed by atoms with Crippen LogP contribution in [-0.2, 0) is 9.84 Å². The predicted octanol–water partition coefficient (Wildman–Crippen LogP) is 0.667. The quantitative estimate of drug-likeness (QED) is 0.816. The van der Waals surface area contributed by atoms with Crippen molar-refractivity contribution < 1.29 is 17.7 Å². The summed E-state index contributed by atoms with van der Waals surface area (Å²) >= 11 is 0. The molecule has 0 saturated carbocycles. The van der Waals surface area contributed by atoms with E-state index in [1.54, 1.807) is 11.8 Å². The molecule has 3 heterocycles. The normalized spacial score (nSPS) is 34.0. The van der Waals surface area contributed by atoms with Gasteiger partial charge in [-0.05, 0) is 6.92 Å². The summed E-state index contributed by atoms with van der Waals surface area (Å²) in [5.74, 6) is 0.688. The molecule has 0 unspecified atom stereocenters. The number of likely N-dealkylation sites (tertiary alicyclic amines) is 1. The second-order valence-electron chi connectivity index (χ2n) is 6.59. The molecule has 0 aliphatic carbocycles. The van der Waals surface area contributed by atoms with Gasteiger partial charge in [0.2, 0.25) is 0 Å². The van der Waals surface area contributed by atoms with Gasteiger partial charge in [-0.15, -0.1) is 0 Å². The van der Waals surface area contributed by atoms with Gasteiger partial charge in [0.25, 0.3) is 0 Å². The van der Waals surface area contributed by atoms with Gasteiger partial charge in [0.1, 0.15) is 0 Å². The number of carbonyl (C=O) groups is 1. The highest BCUT2D eigenvalue weighted by Crippen LogP contribution is 2.52. The minimum Gasteiger partial charge on any atom is -0.323 e. The fourth-order valence-corrected chi connectivity index (χ4v) is 6.33. The third kappa shape index (κ3) is 2.29. The Morgan fingerprint density at radius 2 is 1.86 bits per heavy atom. The van der Waals surface area contributed by atoms with E-state index >= 15 is 0 Å². The Kier molecular flexibility index (Phi) is 2.85. The Balaban J connectivity index is 1.75. The summed E-state index contributed by atoms with van der Waals surface area (Å²) in [6.45, 7) is 6.33. The summed E-state index contributed by atoms with van der Waals surface area (Å²) in [6, 6.07) is -0.287. The number of urea groups is 1. The first-order chi connectivity index (χ1) is 9.63. The maximum atomic E-state index is 12.2. The Bertz CT molecular complexity index is 674. The first kappa shape index (κ1) is 14.3. The SMILES string of the molecule is Cc1noc(NC(=O)N2C[C@@]3(C)CS(=O)(=O)C[C@@]3(C)C2)n1. The van der Waals surface area contributed by atoms with Crippen molar-refractivity contribution in [3.63, 3.8) is 0 Å². The van der Waals surface area contributed by atoms with Crippen LogP contribution in [0.3, 0.4) is 0 Å². The molecule has 3 rings (SSSR count). The highest BCUT2D eigenvalue weighted by atomic mass is 32.2. The molecule has 0 spiro atoms. The van der Waals surface area contributed by atoms with Crippen LogP contribution >= 0.6 is 0 Å². The molecule has 2 saturated heterocycles. The number of anilines is 1. The first-order valence-corrected chi connectivity index (χ1v) is 8.51. The molecule has 8 nitrogen and oxygen atoms in total. The van der Waals surface area contributed by atoms with E-state index in [1.165, 1.54) is 0 Å². The molecule has 1 aromatic rings. The lowest BCUT2D eigenvalue weighted by Gasteiger charge is -2.29. The molecular weight excluding hydrogens is 296 g/mol. The van der Waals surface area contributed by atoms with E-state index < -0.39 is 20.7 Å². The Labute approximate surface area is 122 Å². The number of amides is 2. The first-order valence-electron chi connectivity index (χ1n) is 6.69. The predicted molar refractivity (Wildman–Crippen MR) is 74.5 cm³/mol. The lowest BCUT2D eigenvalue weighted by Crippen LogP contribution is -2.36. The molecule has 2 aliphatic rings. The van der Waals surface area contributed by atoms with E-state index in [0.717, 1.165) is 0 Å². The van der Waals surface area contributed by atoms with Crippen LogP contribution in [0.5, 0.6) is 0 Å². The Morgan fingerprint density at radius 1 is 1.29 bits per heavy atom. The van der Waals surface area contributed by atoms with Crippen LogP contribution in [0.4, 0.5) is 10.8 Å². The van der Waals surface area contributed by atoms with E-state index in [9.17, 15) is 13.2 Å². The number of sulfone groups is 1. The summed E-state index contributed by atoms with van der Waals surface area (Å²) in [5, 5.41) is 6.15. The number of nitrogens with zero attached hydrogens (tertiary/aromatic N) is 3. The van der Waals surface area contributed by atoms with Gasteiger partial charge in [0, 0.05) is 23.9 Å². The molecule has 2 amide bonds. The molecule has 2 aliphatic heterocycles. The minimum atomic E-state index is -3.03. The van der Waals surface area contributed by atoms with Gasteiger partial charge in [-0.3, -0.25) is 5.32 Å². The highest BCUT2D eigenvalue weighted by molar-refractivity contribution is 7.91. The van der Waals surface area contributed by atoms with Gasteiger partial charge < -0.3 is 9.42 Å². The van der Waals surface area contributed by atoms with E-state index in [-0.39, 0.29) is 23.6 Å². The average Bonchev–Trinajstić information content (AvgIpc) is 2.85. The van der Waals surface area contributed by atoms with Crippen molar-refractivity contribution in [1.82, 2.24) is 15.0 Å². The van der Waals surface area contributed by atoms with Crippen molar-refractivity contribution in [2.24, 2.45) is 10.8 Å². The molecule has 0 aromatic carbocycles. The number of rotatable bonds is 1. The molecule has 1 aromatic heterocycles. The lowest BCUT2D eigenvalue weighted by atomic mass is 9.71. The molecular formula is C12H18N4O4S. The number of fused-ring (bicyclic) bond motifs is 1. The summed E-state index contributed by atoms with van der Waals surface area (Å²) in [4.78, 5) is 17.8. The number of hydrogen-bond donors (Lipinski definition) is 1. The third-order valence-electron chi connectivity index (χ3n) is 4.64. The number of nitrogens with one attached hydrogen (secondary N) is 1. The Hall–Kier alpha value is -1.64. The van der Waals surface area contributed by atoms with Crippen LogP contribution in [-0.4, -0.2) is 54.1 Å². The standard InChI is InChI=1S/C12H18N4O4S/c1-8-13-9(20-15-8)14-10(17)16-4-11(2)6-21(18,19)7-12(11,3)5-16/h4-7H2,1-3H3,(H,13,14,15,17)/t11-,12+. The smallest absolute Gasteiger partial charge is 0.323 e. The van der Waals surface area contributed by atoms with Gasteiger partial charge in [-0.25, -0.2) is 13.2 Å². The molecule has 0 bridgehead atoms. The van der Waals surface area contributed by atoms with Gasteiger partial charge in [0.05, 0.1) is 11.5 Å². The third-order valence-corrected chi connectivity index (χ3v) is 6.80. The summed E-state index contributed by atoms with van der Waals surface area (Å²) < 4.78 is 28.6. The van der Waals surface area contributed by atoms with Crippen LogP contribution in [0.2, 0.25) is 0 Å². The fraction of sp³-hybridized carbons (Fsp3) is 0.750. The average molecular weight is 314 g/mol. The zero-order valence-corrected chi connectivity index (χ0v) is 13.0. The molecule has 2 atom stereocenters. The largest absolute Gasteiger partial charge is 0.329 e. The molecule has 9 heteroatoms. The van der Waals surface area contributed by atoms with E-state index in [4.69, 9.17) is 4.52 Å². The van der Waals surface area contributed by atoms with Crippen molar-refractivity contribution in [3.8, 4) is 0 Å². The van der Waals surface area contributed by atoms with E-state index in [1.807, 2.05) is 13.8 Å². The fourth-order valence-electron chi connectivity index (χ4n) is 3.40. The summed E-state index contributed by atoms with van der Waals surface area (Å²) in [7, 11) is -3.03. The second kappa shape index (κ2) is 4.19. The second-order valence-corrected chi connectivity index (χ2v) is 8.65. The van der Waals surface area contributed by atoms with Crippen LogP contribution < -0.4 is 5.32 Å². The molecule has 116 valence electrons. The van der Waals surface area contributed by atoms with Crippen LogP contribution in [0.15, 0.2) is 4.52 Å². The van der Waals surface area contributed by atoms with Gasteiger partial charge in [-0.2, -0.15) is 4.98 Å². The Morgan fingerprint density at radius 3 is 2.33 bits per heavy atom. The monoisotopic (exact) mass is 314 g/mol. The van der Waals surface area contributed by atoms with Crippen LogP contribution in [0, 0.1) is 17.8 Å². The number of aryl methyl sites for hydroxylation is 1. The zero-order chi connectivity index (χ0) is 15.5. The van der Waals surface area contributed by atoms with Crippen LogP contribution in [0.25, 0.3) is 0 Å². The van der Waals surface area contributed by atoms with Gasteiger partial charge >= 0.3 is 12.0 Å². The van der Waals surface area contributed by atoms with Gasteiger partial charge in [-0.1, -0.05) is 19.0 Å². The van der Waals surface area contributed by atoms with E-state index in [0.29, 0.717) is 18.9 Å². The van der Waals surface area contributed by atoms with Crippen molar-refractivity contribution in [1.29, 1.82) is 0 Å². The number of carbonyl (C=O) groups excluding carboxylic acids is 1. The van der Waals surface area contributed by atoms with Crippen molar-refractivity contribution in [2.75, 3.05) is 29.9 Å². The number of hydrogen-bond acceptors (Lipinski definition) is 6. The lowest BCUT2D eigenvalue weighted by molar-refractivity contribution is 0.212. The summed E-state index contributed by atoms with van der Waals surface area (Å²) in [6.07, 6.45) is 0. The zero-order valence-electron chi connectivity index (χ0n) is 12.2. The van der Waals surface area contributed by atoms with Crippen molar-refractivity contribution >= 4 is 21.9 Å². The molecule has 2 fully saturated rings.